The first-order valence-corrected chi connectivity index (χ1v) is 20.8. The van der Waals surface area contributed by atoms with E-state index in [0.717, 1.165) is 18.2 Å². The SMILES string of the molecule is CC[C@H](C)[C@@H]([C@@H](CC(=O)N1CCC[C@H]1[C@H](OC)[C@@H](C)C(=O)N[C@H](CO)Cc1ccccc1)OC)N(C)C(=O)[C@@H](NC(=O)[C@@H](N)CCS(C)(=O)=O)C(C)C. The van der Waals surface area contributed by atoms with Crippen molar-refractivity contribution in [3.63, 3.8) is 0 Å². The van der Waals surface area contributed by atoms with E-state index < -0.39 is 58.0 Å². The summed E-state index contributed by atoms with van der Waals surface area (Å²) in [4.78, 5) is 57.9. The predicted octanol–water partition coefficient (Wildman–Crippen LogP) is 1.53. The molecule has 1 aliphatic rings. The number of amides is 4. The van der Waals surface area contributed by atoms with Crippen molar-refractivity contribution in [2.24, 2.45) is 23.5 Å². The lowest BCUT2D eigenvalue weighted by Crippen LogP contribution is -2.59. The Morgan fingerprint density at radius 2 is 1.68 bits per heavy atom. The molecule has 1 aromatic rings. The lowest BCUT2D eigenvalue weighted by Gasteiger charge is -2.41. The number of hydrogen-bond donors (Lipinski definition) is 4. The fourth-order valence-corrected chi connectivity index (χ4v) is 7.85. The molecule has 1 fully saturated rings. The first-order valence-electron chi connectivity index (χ1n) is 18.7. The highest BCUT2D eigenvalue weighted by atomic mass is 32.2. The van der Waals surface area contributed by atoms with Gasteiger partial charge in [-0.25, -0.2) is 8.42 Å². The molecule has 4 amide bonds. The number of methoxy groups -OCH3 is 2. The molecule has 0 unspecified atom stereocenters. The molecule has 0 bridgehead atoms. The standard InChI is InChI=1S/C38H65N5O9S/c1-10-25(4)34(42(6)38(48)33(24(2)3)41-37(47)29(39)18-20-53(9,49)50)31(51-7)22-32(45)43-19-14-17-30(43)35(52-8)26(5)36(46)40-28(23-44)21-27-15-12-11-13-16-27/h11-13,15-16,24-26,28-31,33-35,44H,10,14,17-23,39H2,1-9H3,(H,40,46)(H,41,47)/t25-,26+,28-,29-,30-,31+,33-,34-,35+/m0/s1. The minimum Gasteiger partial charge on any atom is -0.394 e. The summed E-state index contributed by atoms with van der Waals surface area (Å²) in [6, 6.07) is 6.14. The largest absolute Gasteiger partial charge is 0.394 e. The number of hydrogen-bond acceptors (Lipinski definition) is 10. The van der Waals surface area contributed by atoms with Crippen LogP contribution in [0, 0.1) is 17.8 Å². The second kappa shape index (κ2) is 21.7. The van der Waals surface area contributed by atoms with Gasteiger partial charge < -0.3 is 40.7 Å². The van der Waals surface area contributed by atoms with E-state index in [-0.39, 0.29) is 60.8 Å². The molecule has 9 atom stereocenters. The summed E-state index contributed by atoms with van der Waals surface area (Å²) in [7, 11) is 1.35. The average Bonchev–Trinajstić information content (AvgIpc) is 3.61. The second-order valence-electron chi connectivity index (χ2n) is 14.9. The molecule has 302 valence electrons. The van der Waals surface area contributed by atoms with Gasteiger partial charge in [0.2, 0.25) is 23.6 Å². The van der Waals surface area contributed by atoms with Crippen molar-refractivity contribution < 1.29 is 42.2 Å². The number of aliphatic hydroxyl groups excluding tert-OH is 1. The summed E-state index contributed by atoms with van der Waals surface area (Å²) in [6.45, 7) is 9.57. The normalized spacial score (nSPS) is 19.4. The average molecular weight is 768 g/mol. The van der Waals surface area contributed by atoms with E-state index >= 15 is 0 Å². The molecule has 0 aliphatic carbocycles. The van der Waals surface area contributed by atoms with E-state index in [0.29, 0.717) is 25.8 Å². The number of sulfone groups is 1. The van der Waals surface area contributed by atoms with E-state index in [1.54, 1.807) is 37.6 Å². The van der Waals surface area contributed by atoms with E-state index in [2.05, 4.69) is 10.6 Å². The molecule has 1 aromatic carbocycles. The Bertz CT molecular complexity index is 1430. The number of carbonyl (C=O) groups is 4. The molecule has 0 aromatic heterocycles. The molecule has 53 heavy (non-hydrogen) atoms. The molecular formula is C38H65N5O9S. The molecule has 15 heteroatoms. The molecule has 1 aliphatic heterocycles. The minimum atomic E-state index is -3.33. The Morgan fingerprint density at radius 3 is 2.21 bits per heavy atom. The van der Waals surface area contributed by atoms with Crippen molar-refractivity contribution >= 4 is 33.5 Å². The maximum Gasteiger partial charge on any atom is 0.245 e. The maximum absolute atomic E-state index is 14.1. The third-order valence-corrected chi connectivity index (χ3v) is 11.5. The number of likely N-dealkylation sites (tertiary alicyclic amines) is 1. The van der Waals surface area contributed by atoms with Crippen LogP contribution in [-0.4, -0.2) is 136 Å². The zero-order valence-corrected chi connectivity index (χ0v) is 33.9. The number of aliphatic hydroxyl groups is 1. The van der Waals surface area contributed by atoms with Crippen LogP contribution in [0.15, 0.2) is 30.3 Å². The molecule has 1 heterocycles. The summed E-state index contributed by atoms with van der Waals surface area (Å²) < 4.78 is 35.1. The third kappa shape index (κ3) is 13.6. The van der Waals surface area contributed by atoms with Crippen molar-refractivity contribution in [3.05, 3.63) is 35.9 Å². The zero-order valence-electron chi connectivity index (χ0n) is 33.1. The smallest absolute Gasteiger partial charge is 0.245 e. The highest BCUT2D eigenvalue weighted by molar-refractivity contribution is 7.90. The van der Waals surface area contributed by atoms with Gasteiger partial charge in [-0.05, 0) is 43.1 Å². The Kier molecular flexibility index (Phi) is 18.8. The topological polar surface area (TPSA) is 198 Å². The van der Waals surface area contributed by atoms with Crippen LogP contribution in [0.2, 0.25) is 0 Å². The van der Waals surface area contributed by atoms with Crippen LogP contribution in [0.1, 0.15) is 72.3 Å². The zero-order chi connectivity index (χ0) is 40.0. The third-order valence-electron chi connectivity index (χ3n) is 10.5. The first-order chi connectivity index (χ1) is 24.9. The summed E-state index contributed by atoms with van der Waals surface area (Å²) in [5, 5.41) is 15.7. The van der Waals surface area contributed by atoms with E-state index in [4.69, 9.17) is 15.2 Å². The fraction of sp³-hybridized carbons (Fsp3) is 0.737. The Labute approximate surface area is 316 Å². The second-order valence-corrected chi connectivity index (χ2v) is 17.2. The fourth-order valence-electron chi connectivity index (χ4n) is 7.16. The molecule has 0 spiro atoms. The number of ether oxygens (including phenoxy) is 2. The number of rotatable bonds is 22. The lowest BCUT2D eigenvalue weighted by atomic mass is 9.89. The molecule has 2 rings (SSSR count). The molecule has 5 N–H and O–H groups in total. The highest BCUT2D eigenvalue weighted by Gasteiger charge is 2.43. The van der Waals surface area contributed by atoms with Gasteiger partial charge in [0.05, 0.1) is 61.1 Å². The van der Waals surface area contributed by atoms with Crippen molar-refractivity contribution in [2.75, 3.05) is 46.4 Å². The van der Waals surface area contributed by atoms with Crippen LogP contribution < -0.4 is 16.4 Å². The van der Waals surface area contributed by atoms with Gasteiger partial charge in [0.15, 0.2) is 0 Å². The molecule has 0 radical (unpaired) electrons. The molecule has 1 saturated heterocycles. The van der Waals surface area contributed by atoms with E-state index in [1.807, 2.05) is 44.2 Å². The van der Waals surface area contributed by atoms with Crippen molar-refractivity contribution in [2.45, 2.75) is 116 Å². The molecule has 0 saturated carbocycles. The van der Waals surface area contributed by atoms with Gasteiger partial charge in [0.25, 0.3) is 0 Å². The summed E-state index contributed by atoms with van der Waals surface area (Å²) in [5.41, 5.74) is 6.98. The Morgan fingerprint density at radius 1 is 1.04 bits per heavy atom. The number of likely N-dealkylation sites (N-methyl/N-ethyl adjacent to an activating group) is 1. The first kappa shape index (κ1) is 46.0. The predicted molar refractivity (Wildman–Crippen MR) is 204 cm³/mol. The van der Waals surface area contributed by atoms with Crippen molar-refractivity contribution in [1.82, 2.24) is 20.4 Å². The molecule has 14 nitrogen and oxygen atoms in total. The number of nitrogens with one attached hydrogen (secondary N) is 2. The summed E-state index contributed by atoms with van der Waals surface area (Å²) >= 11 is 0. The number of carbonyl (C=O) groups excluding carboxylic acids is 4. The van der Waals surface area contributed by atoms with Gasteiger partial charge in [-0.2, -0.15) is 0 Å². The Balaban J connectivity index is 2.22. The van der Waals surface area contributed by atoms with Gasteiger partial charge in [-0.1, -0.05) is 71.4 Å². The van der Waals surface area contributed by atoms with Gasteiger partial charge >= 0.3 is 0 Å². The van der Waals surface area contributed by atoms with Crippen LogP contribution in [-0.2, 0) is 44.9 Å². The number of benzene rings is 1. The van der Waals surface area contributed by atoms with E-state index in [9.17, 15) is 32.7 Å². The monoisotopic (exact) mass is 767 g/mol. The van der Waals surface area contributed by atoms with Crippen LogP contribution in [0.25, 0.3) is 0 Å². The summed E-state index contributed by atoms with van der Waals surface area (Å²) in [6.07, 6.45) is 2.17. The van der Waals surface area contributed by atoms with Crippen molar-refractivity contribution in [3.8, 4) is 0 Å². The van der Waals surface area contributed by atoms with Crippen molar-refractivity contribution in [1.29, 1.82) is 0 Å². The number of nitrogens with zero attached hydrogens (tertiary/aromatic N) is 2. The van der Waals surface area contributed by atoms with Crippen LogP contribution >= 0.6 is 0 Å². The van der Waals surface area contributed by atoms with Crippen LogP contribution in [0.4, 0.5) is 0 Å². The van der Waals surface area contributed by atoms with Gasteiger partial charge in [0, 0.05) is 34.1 Å². The highest BCUT2D eigenvalue weighted by Crippen LogP contribution is 2.29. The van der Waals surface area contributed by atoms with Gasteiger partial charge in [0.1, 0.15) is 15.9 Å². The van der Waals surface area contributed by atoms with Gasteiger partial charge in [-0.15, -0.1) is 0 Å². The quantitative estimate of drug-likeness (QED) is 0.134. The minimum absolute atomic E-state index is 0.0324. The molecular weight excluding hydrogens is 703 g/mol. The maximum atomic E-state index is 14.1. The number of nitrogens with two attached hydrogens (primary N) is 1. The van der Waals surface area contributed by atoms with Crippen LogP contribution in [0.5, 0.6) is 0 Å². The lowest BCUT2D eigenvalue weighted by molar-refractivity contribution is -0.147. The van der Waals surface area contributed by atoms with E-state index in [1.165, 1.54) is 14.2 Å². The Hall–Kier alpha value is -3.11. The summed E-state index contributed by atoms with van der Waals surface area (Å²) in [5.74, 6) is -2.76. The van der Waals surface area contributed by atoms with Crippen LogP contribution in [0.3, 0.4) is 0 Å². The van der Waals surface area contributed by atoms with Gasteiger partial charge in [-0.3, -0.25) is 19.2 Å².